The van der Waals surface area contributed by atoms with Gasteiger partial charge in [-0.3, -0.25) is 0 Å². The Balaban J connectivity index is 2.95. The molecule has 0 atom stereocenters. The minimum atomic E-state index is 0.426. The van der Waals surface area contributed by atoms with E-state index in [2.05, 4.69) is 5.16 Å². The lowest BCUT2D eigenvalue weighted by Crippen LogP contribution is -2.08. The van der Waals surface area contributed by atoms with Gasteiger partial charge in [-0.15, -0.1) is 0 Å². The molecule has 0 saturated carbocycles. The van der Waals surface area contributed by atoms with Gasteiger partial charge in [0.25, 0.3) is 0 Å². The number of hydrogen-bond donors (Lipinski definition) is 1. The Kier molecular flexibility index (Phi) is 5.29. The molecule has 0 aliphatic heterocycles. The topological polar surface area (TPSA) is 60.3 Å². The van der Waals surface area contributed by atoms with Gasteiger partial charge in [-0.25, -0.2) is 0 Å². The van der Waals surface area contributed by atoms with Crippen LogP contribution in [0.25, 0.3) is 0 Å². The van der Waals surface area contributed by atoms with Crippen molar-refractivity contribution in [3.8, 4) is 11.5 Å². The van der Waals surface area contributed by atoms with Crippen LogP contribution in [-0.2, 0) is 4.74 Å². The maximum atomic E-state index is 8.79. The quantitative estimate of drug-likeness (QED) is 0.356. The Morgan fingerprint density at radius 1 is 1.29 bits per heavy atom. The largest absolute Gasteiger partial charge is 0.497 e. The minimum Gasteiger partial charge on any atom is -0.497 e. The molecule has 0 radical (unpaired) electrons. The lowest BCUT2D eigenvalue weighted by molar-refractivity contribution is 0.146. The lowest BCUT2D eigenvalue weighted by Gasteiger charge is -2.12. The molecule has 1 aromatic rings. The van der Waals surface area contributed by atoms with E-state index in [4.69, 9.17) is 19.4 Å². The molecule has 0 spiro atoms. The summed E-state index contributed by atoms with van der Waals surface area (Å²) in [5.74, 6) is 1.30. The predicted molar refractivity (Wildman–Crippen MR) is 64.4 cm³/mol. The highest BCUT2D eigenvalue weighted by Gasteiger charge is 2.09. The Bertz CT molecular complexity index is 390. The van der Waals surface area contributed by atoms with Gasteiger partial charge in [0.15, 0.2) is 0 Å². The van der Waals surface area contributed by atoms with Crippen LogP contribution in [0, 0.1) is 0 Å². The molecule has 0 bridgehead atoms. The Hall–Kier alpha value is -1.75. The molecule has 0 heterocycles. The van der Waals surface area contributed by atoms with Gasteiger partial charge in [0.1, 0.15) is 18.1 Å². The van der Waals surface area contributed by atoms with Crippen LogP contribution in [0.1, 0.15) is 12.5 Å². The summed E-state index contributed by atoms with van der Waals surface area (Å²) in [4.78, 5) is 0. The van der Waals surface area contributed by atoms with E-state index in [1.165, 1.54) is 0 Å². The summed E-state index contributed by atoms with van der Waals surface area (Å²) in [5, 5.41) is 12.0. The summed E-state index contributed by atoms with van der Waals surface area (Å²) in [5.41, 5.74) is 1.21. The van der Waals surface area contributed by atoms with Gasteiger partial charge >= 0.3 is 0 Å². The third-order valence-electron chi connectivity index (χ3n) is 2.27. The smallest absolute Gasteiger partial charge is 0.132 e. The molecule has 5 heteroatoms. The zero-order chi connectivity index (χ0) is 12.7. The fraction of sp³-hybridized carbons (Fsp3) is 0.417. The second-order valence-corrected chi connectivity index (χ2v) is 3.39. The number of ether oxygens (including phenoxy) is 3. The zero-order valence-corrected chi connectivity index (χ0v) is 10.3. The SMILES string of the molecule is COCCOc1cc(OC)ccc1/C(C)=N/O. The summed E-state index contributed by atoms with van der Waals surface area (Å²) >= 11 is 0. The third-order valence-corrected chi connectivity index (χ3v) is 2.27. The maximum Gasteiger partial charge on any atom is 0.132 e. The first-order valence-electron chi connectivity index (χ1n) is 5.21. The number of hydrogen-bond acceptors (Lipinski definition) is 5. The summed E-state index contributed by atoms with van der Waals surface area (Å²) in [6.07, 6.45) is 0. The molecule has 0 aliphatic carbocycles. The van der Waals surface area contributed by atoms with Crippen LogP contribution in [-0.4, -0.2) is 38.4 Å². The van der Waals surface area contributed by atoms with Crippen LogP contribution < -0.4 is 9.47 Å². The molecule has 94 valence electrons. The fourth-order valence-electron chi connectivity index (χ4n) is 1.34. The fourth-order valence-corrected chi connectivity index (χ4v) is 1.34. The van der Waals surface area contributed by atoms with Crippen molar-refractivity contribution >= 4 is 5.71 Å². The van der Waals surface area contributed by atoms with Gasteiger partial charge in [-0.2, -0.15) is 0 Å². The number of nitrogens with zero attached hydrogens (tertiary/aromatic N) is 1. The van der Waals surface area contributed by atoms with Crippen molar-refractivity contribution in [1.82, 2.24) is 0 Å². The van der Waals surface area contributed by atoms with Crippen LogP contribution in [0.2, 0.25) is 0 Å². The highest BCUT2D eigenvalue weighted by atomic mass is 16.5. The van der Waals surface area contributed by atoms with E-state index in [0.29, 0.717) is 30.4 Å². The van der Waals surface area contributed by atoms with Crippen LogP contribution >= 0.6 is 0 Å². The number of oxime groups is 1. The van der Waals surface area contributed by atoms with Gasteiger partial charge in [0.05, 0.1) is 19.4 Å². The van der Waals surface area contributed by atoms with Crippen LogP contribution in [0.15, 0.2) is 23.4 Å². The number of methoxy groups -OCH3 is 2. The molecule has 0 aliphatic rings. The van der Waals surface area contributed by atoms with E-state index in [-0.39, 0.29) is 0 Å². The van der Waals surface area contributed by atoms with Crippen molar-refractivity contribution < 1.29 is 19.4 Å². The third kappa shape index (κ3) is 3.64. The lowest BCUT2D eigenvalue weighted by atomic mass is 10.1. The molecule has 0 fully saturated rings. The minimum absolute atomic E-state index is 0.426. The standard InChI is InChI=1S/C12H17NO4/c1-9(13-14)11-5-4-10(16-3)8-12(11)17-7-6-15-2/h4-5,8,14H,6-7H2,1-3H3/b13-9+. The van der Waals surface area contributed by atoms with Crippen molar-refractivity contribution in [2.75, 3.05) is 27.4 Å². The Labute approximate surface area is 101 Å². The monoisotopic (exact) mass is 239 g/mol. The van der Waals surface area contributed by atoms with Crippen LogP contribution in [0.5, 0.6) is 11.5 Å². The molecule has 1 rings (SSSR count). The molecule has 5 nitrogen and oxygen atoms in total. The van der Waals surface area contributed by atoms with E-state index < -0.39 is 0 Å². The maximum absolute atomic E-state index is 8.79. The highest BCUT2D eigenvalue weighted by Crippen LogP contribution is 2.25. The van der Waals surface area contributed by atoms with E-state index in [1.54, 1.807) is 39.3 Å². The second-order valence-electron chi connectivity index (χ2n) is 3.39. The van der Waals surface area contributed by atoms with E-state index in [9.17, 15) is 0 Å². The Morgan fingerprint density at radius 2 is 2.06 bits per heavy atom. The second kappa shape index (κ2) is 6.75. The van der Waals surface area contributed by atoms with Gasteiger partial charge in [0, 0.05) is 18.7 Å². The summed E-state index contributed by atoms with van der Waals surface area (Å²) in [7, 11) is 3.19. The first kappa shape index (κ1) is 13.3. The highest BCUT2D eigenvalue weighted by molar-refractivity contribution is 6.00. The predicted octanol–water partition coefficient (Wildman–Crippen LogP) is 1.92. The van der Waals surface area contributed by atoms with Gasteiger partial charge < -0.3 is 19.4 Å². The number of benzene rings is 1. The molecule has 0 aromatic heterocycles. The Morgan fingerprint density at radius 3 is 2.65 bits per heavy atom. The molecule has 17 heavy (non-hydrogen) atoms. The average molecular weight is 239 g/mol. The molecule has 0 saturated heterocycles. The van der Waals surface area contributed by atoms with E-state index in [1.807, 2.05) is 0 Å². The van der Waals surface area contributed by atoms with Crippen molar-refractivity contribution in [1.29, 1.82) is 0 Å². The summed E-state index contributed by atoms with van der Waals surface area (Å²) in [6, 6.07) is 5.32. The zero-order valence-electron chi connectivity index (χ0n) is 10.3. The van der Waals surface area contributed by atoms with Crippen LogP contribution in [0.4, 0.5) is 0 Å². The molecule has 1 N–H and O–H groups in total. The molecular formula is C12H17NO4. The van der Waals surface area contributed by atoms with Crippen molar-refractivity contribution in [2.24, 2.45) is 5.16 Å². The van der Waals surface area contributed by atoms with Crippen LogP contribution in [0.3, 0.4) is 0 Å². The molecule has 0 amide bonds. The average Bonchev–Trinajstić information content (AvgIpc) is 2.38. The van der Waals surface area contributed by atoms with Crippen molar-refractivity contribution in [3.05, 3.63) is 23.8 Å². The van der Waals surface area contributed by atoms with Gasteiger partial charge in [-0.05, 0) is 19.1 Å². The van der Waals surface area contributed by atoms with Crippen molar-refractivity contribution in [3.63, 3.8) is 0 Å². The van der Waals surface area contributed by atoms with E-state index in [0.717, 1.165) is 5.56 Å². The molecule has 1 aromatic carbocycles. The molecular weight excluding hydrogens is 222 g/mol. The van der Waals surface area contributed by atoms with E-state index >= 15 is 0 Å². The number of rotatable bonds is 6. The van der Waals surface area contributed by atoms with Gasteiger partial charge in [-0.1, -0.05) is 5.16 Å². The van der Waals surface area contributed by atoms with Crippen molar-refractivity contribution in [2.45, 2.75) is 6.92 Å². The van der Waals surface area contributed by atoms with Gasteiger partial charge in [0.2, 0.25) is 0 Å². The first-order chi connectivity index (χ1) is 8.22. The first-order valence-corrected chi connectivity index (χ1v) is 5.21. The molecule has 0 unspecified atom stereocenters. The normalized spacial score (nSPS) is 11.4. The summed E-state index contributed by atoms with van der Waals surface area (Å²) < 4.78 is 15.6. The summed E-state index contributed by atoms with van der Waals surface area (Å²) in [6.45, 7) is 2.62.